The summed E-state index contributed by atoms with van der Waals surface area (Å²) in [4.78, 5) is 17.0. The zero-order chi connectivity index (χ0) is 23.2. The first-order valence-electron chi connectivity index (χ1n) is 11.2. The number of anilines is 2. The second kappa shape index (κ2) is 8.53. The molecule has 0 aliphatic carbocycles. The van der Waals surface area contributed by atoms with Crippen LogP contribution in [0.1, 0.15) is 23.9 Å². The van der Waals surface area contributed by atoms with Crippen LogP contribution in [-0.4, -0.2) is 80.0 Å². The van der Waals surface area contributed by atoms with Crippen molar-refractivity contribution in [3.8, 4) is 11.5 Å². The van der Waals surface area contributed by atoms with Gasteiger partial charge in [-0.1, -0.05) is 0 Å². The standard InChI is InChI=1S/C22H29N5O5S/c1-15-22(16(2)27(24-15)18-5-10-33(29,30)13-18)26-8-6-25(7-9-26)12-21(28)23-17-3-4-19-20(11-17)32-14-31-19/h3-4,11,18H,5-10,12-14H2,1-2H3,(H,23,28). The number of nitrogens with zero attached hydrogens (tertiary/aromatic N) is 4. The van der Waals surface area contributed by atoms with Crippen molar-refractivity contribution >= 4 is 27.1 Å². The van der Waals surface area contributed by atoms with Crippen LogP contribution in [0.4, 0.5) is 11.4 Å². The molecule has 1 aromatic heterocycles. The molecule has 1 aromatic carbocycles. The highest BCUT2D eigenvalue weighted by Gasteiger charge is 2.33. The van der Waals surface area contributed by atoms with Gasteiger partial charge in [0.25, 0.3) is 0 Å². The number of rotatable bonds is 5. The van der Waals surface area contributed by atoms with Gasteiger partial charge in [0.1, 0.15) is 0 Å². The largest absolute Gasteiger partial charge is 0.454 e. The molecule has 2 aromatic rings. The van der Waals surface area contributed by atoms with Crippen molar-refractivity contribution in [1.82, 2.24) is 14.7 Å². The molecule has 0 bridgehead atoms. The van der Waals surface area contributed by atoms with Crippen LogP contribution in [-0.2, 0) is 14.6 Å². The highest BCUT2D eigenvalue weighted by Crippen LogP contribution is 2.34. The molecule has 1 N–H and O–H groups in total. The zero-order valence-electron chi connectivity index (χ0n) is 18.9. The number of aryl methyl sites for hydroxylation is 1. The van der Waals surface area contributed by atoms with Gasteiger partial charge in [0.2, 0.25) is 12.7 Å². The van der Waals surface area contributed by atoms with E-state index in [1.807, 2.05) is 24.6 Å². The van der Waals surface area contributed by atoms with Crippen molar-refractivity contribution in [1.29, 1.82) is 0 Å². The Morgan fingerprint density at radius 2 is 1.91 bits per heavy atom. The van der Waals surface area contributed by atoms with Gasteiger partial charge in [-0.15, -0.1) is 0 Å². The molecular formula is C22H29N5O5S. The fourth-order valence-electron chi connectivity index (χ4n) is 4.94. The summed E-state index contributed by atoms with van der Waals surface area (Å²) in [5.74, 6) is 1.67. The number of amides is 1. The Balaban J connectivity index is 1.17. The smallest absolute Gasteiger partial charge is 0.238 e. The molecule has 33 heavy (non-hydrogen) atoms. The molecule has 10 nitrogen and oxygen atoms in total. The van der Waals surface area contributed by atoms with Gasteiger partial charge >= 0.3 is 0 Å². The minimum Gasteiger partial charge on any atom is -0.454 e. The molecule has 4 heterocycles. The second-order valence-corrected chi connectivity index (χ2v) is 11.1. The first kappa shape index (κ1) is 22.0. The van der Waals surface area contributed by atoms with Gasteiger partial charge in [0.15, 0.2) is 21.3 Å². The molecule has 2 fully saturated rings. The third kappa shape index (κ3) is 4.51. The minimum atomic E-state index is -2.97. The first-order valence-corrected chi connectivity index (χ1v) is 13.0. The molecule has 1 atom stereocenters. The topological polar surface area (TPSA) is 106 Å². The molecule has 1 unspecified atom stereocenters. The van der Waals surface area contributed by atoms with Gasteiger partial charge in [0, 0.05) is 37.9 Å². The Labute approximate surface area is 193 Å². The number of hydrogen-bond acceptors (Lipinski definition) is 8. The summed E-state index contributed by atoms with van der Waals surface area (Å²) in [5, 5.41) is 7.61. The SMILES string of the molecule is Cc1nn(C2CCS(=O)(=O)C2)c(C)c1N1CCN(CC(=O)Nc2ccc3c(c2)OCO3)CC1. The van der Waals surface area contributed by atoms with Gasteiger partial charge in [-0.25, -0.2) is 8.42 Å². The molecule has 1 amide bonds. The second-order valence-electron chi connectivity index (χ2n) is 8.90. The Morgan fingerprint density at radius 3 is 2.64 bits per heavy atom. The predicted molar refractivity (Wildman–Crippen MR) is 124 cm³/mol. The summed E-state index contributed by atoms with van der Waals surface area (Å²) >= 11 is 0. The highest BCUT2D eigenvalue weighted by atomic mass is 32.2. The summed E-state index contributed by atoms with van der Waals surface area (Å²) in [6.45, 7) is 7.61. The average molecular weight is 476 g/mol. The maximum absolute atomic E-state index is 12.5. The Bertz CT molecular complexity index is 1170. The molecular weight excluding hydrogens is 446 g/mol. The number of sulfone groups is 1. The number of carbonyl (C=O) groups excluding carboxylic acids is 1. The van der Waals surface area contributed by atoms with E-state index in [1.54, 1.807) is 12.1 Å². The van der Waals surface area contributed by atoms with E-state index in [4.69, 9.17) is 9.47 Å². The van der Waals surface area contributed by atoms with Crippen LogP contribution >= 0.6 is 0 Å². The number of aromatic nitrogens is 2. The van der Waals surface area contributed by atoms with Gasteiger partial charge in [-0.05, 0) is 32.4 Å². The van der Waals surface area contributed by atoms with E-state index >= 15 is 0 Å². The fourth-order valence-corrected chi connectivity index (χ4v) is 6.64. The average Bonchev–Trinajstić information content (AvgIpc) is 3.45. The number of nitrogens with one attached hydrogen (secondary N) is 1. The predicted octanol–water partition coefficient (Wildman–Crippen LogP) is 1.35. The molecule has 2 saturated heterocycles. The van der Waals surface area contributed by atoms with E-state index in [0.717, 1.165) is 43.3 Å². The lowest BCUT2D eigenvalue weighted by molar-refractivity contribution is -0.117. The Morgan fingerprint density at radius 1 is 1.15 bits per heavy atom. The maximum Gasteiger partial charge on any atom is 0.238 e. The van der Waals surface area contributed by atoms with Crippen LogP contribution < -0.4 is 19.7 Å². The molecule has 5 rings (SSSR count). The van der Waals surface area contributed by atoms with Crippen LogP contribution in [0, 0.1) is 13.8 Å². The highest BCUT2D eigenvalue weighted by molar-refractivity contribution is 7.91. The van der Waals surface area contributed by atoms with Crippen LogP contribution in [0.2, 0.25) is 0 Å². The number of hydrogen-bond donors (Lipinski definition) is 1. The molecule has 178 valence electrons. The van der Waals surface area contributed by atoms with Gasteiger partial charge < -0.3 is 19.7 Å². The number of piperazine rings is 1. The molecule has 0 saturated carbocycles. The normalized spacial score (nSPS) is 22.0. The monoisotopic (exact) mass is 475 g/mol. The minimum absolute atomic E-state index is 0.0649. The molecule has 3 aliphatic rings. The van der Waals surface area contributed by atoms with E-state index < -0.39 is 9.84 Å². The van der Waals surface area contributed by atoms with Gasteiger partial charge in [0.05, 0.1) is 41.2 Å². The van der Waals surface area contributed by atoms with E-state index in [1.165, 1.54) is 0 Å². The Hall–Kier alpha value is -2.79. The van der Waals surface area contributed by atoms with E-state index in [-0.39, 0.29) is 30.2 Å². The third-order valence-electron chi connectivity index (χ3n) is 6.55. The van der Waals surface area contributed by atoms with Crippen LogP contribution in [0.15, 0.2) is 18.2 Å². The number of ether oxygens (including phenoxy) is 2. The van der Waals surface area contributed by atoms with E-state index in [2.05, 4.69) is 20.2 Å². The van der Waals surface area contributed by atoms with Crippen molar-refractivity contribution < 1.29 is 22.7 Å². The quantitative estimate of drug-likeness (QED) is 0.691. The summed E-state index contributed by atoms with van der Waals surface area (Å²) in [7, 11) is -2.97. The summed E-state index contributed by atoms with van der Waals surface area (Å²) < 4.78 is 36.4. The molecule has 0 radical (unpaired) electrons. The first-order chi connectivity index (χ1) is 15.8. The van der Waals surface area contributed by atoms with Crippen LogP contribution in [0.3, 0.4) is 0 Å². The van der Waals surface area contributed by atoms with Crippen molar-refractivity contribution in [2.75, 3.05) is 61.2 Å². The summed E-state index contributed by atoms with van der Waals surface area (Å²) in [5.41, 5.74) is 3.72. The number of fused-ring (bicyclic) bond motifs is 1. The number of benzene rings is 1. The molecule has 11 heteroatoms. The number of carbonyl (C=O) groups is 1. The lowest BCUT2D eigenvalue weighted by atomic mass is 10.2. The van der Waals surface area contributed by atoms with Crippen molar-refractivity contribution in [2.45, 2.75) is 26.3 Å². The fraction of sp³-hybridized carbons (Fsp3) is 0.545. The summed E-state index contributed by atoms with van der Waals surface area (Å²) in [6, 6.07) is 5.30. The maximum atomic E-state index is 12.5. The zero-order valence-corrected chi connectivity index (χ0v) is 19.7. The Kier molecular flexibility index (Phi) is 5.69. The van der Waals surface area contributed by atoms with Gasteiger partial charge in [-0.2, -0.15) is 5.10 Å². The lowest BCUT2D eigenvalue weighted by Gasteiger charge is -2.36. The molecule has 0 spiro atoms. The lowest BCUT2D eigenvalue weighted by Crippen LogP contribution is -2.49. The summed E-state index contributed by atoms with van der Waals surface area (Å²) in [6.07, 6.45) is 0.621. The van der Waals surface area contributed by atoms with Crippen molar-refractivity contribution in [3.63, 3.8) is 0 Å². The van der Waals surface area contributed by atoms with Crippen LogP contribution in [0.5, 0.6) is 11.5 Å². The third-order valence-corrected chi connectivity index (χ3v) is 8.30. The van der Waals surface area contributed by atoms with E-state index in [0.29, 0.717) is 30.2 Å². The van der Waals surface area contributed by atoms with Crippen molar-refractivity contribution in [3.05, 3.63) is 29.6 Å². The van der Waals surface area contributed by atoms with Gasteiger partial charge in [-0.3, -0.25) is 14.4 Å². The molecule has 3 aliphatic heterocycles. The van der Waals surface area contributed by atoms with Crippen LogP contribution in [0.25, 0.3) is 0 Å². The van der Waals surface area contributed by atoms with E-state index in [9.17, 15) is 13.2 Å². The van der Waals surface area contributed by atoms with Crippen molar-refractivity contribution in [2.24, 2.45) is 0 Å².